The second kappa shape index (κ2) is 12.3. The predicted molar refractivity (Wildman–Crippen MR) is 137 cm³/mol. The Morgan fingerprint density at radius 2 is 1.78 bits per heavy atom. The molecule has 0 saturated carbocycles. The SMILES string of the molecule is CS(=O)(=O)N(CCCC(=O)NCCOc1ccc(S(=O)(=O)N2CCCC2)cc1)c1cccc([N+](=O)[O-])c1. The minimum absolute atomic E-state index is 0.0173. The van der Waals surface area contributed by atoms with Crippen molar-refractivity contribution in [3.63, 3.8) is 0 Å². The second-order valence-corrected chi connectivity index (χ2v) is 12.3. The first kappa shape index (κ1) is 28.3. The summed E-state index contributed by atoms with van der Waals surface area (Å²) in [5.74, 6) is 0.165. The summed E-state index contributed by atoms with van der Waals surface area (Å²) in [5, 5.41) is 13.7. The minimum atomic E-state index is -3.71. The van der Waals surface area contributed by atoms with Crippen LogP contribution in [0.4, 0.5) is 11.4 Å². The highest BCUT2D eigenvalue weighted by molar-refractivity contribution is 7.92. The lowest BCUT2D eigenvalue weighted by atomic mass is 10.2. The molecule has 0 aliphatic carbocycles. The Bertz CT molecular complexity index is 1310. The number of anilines is 1. The van der Waals surface area contributed by atoms with Crippen molar-refractivity contribution < 1.29 is 31.3 Å². The summed E-state index contributed by atoms with van der Waals surface area (Å²) in [7, 11) is -7.20. The highest BCUT2D eigenvalue weighted by Crippen LogP contribution is 2.24. The van der Waals surface area contributed by atoms with Gasteiger partial charge in [0.1, 0.15) is 12.4 Å². The fraction of sp³-hybridized carbons (Fsp3) is 0.435. The molecule has 1 amide bonds. The number of carbonyl (C=O) groups is 1. The van der Waals surface area contributed by atoms with Gasteiger partial charge in [-0.15, -0.1) is 0 Å². The molecule has 1 heterocycles. The predicted octanol–water partition coefficient (Wildman–Crippen LogP) is 2.12. The quantitative estimate of drug-likeness (QED) is 0.224. The van der Waals surface area contributed by atoms with E-state index in [0.29, 0.717) is 18.8 Å². The molecule has 12 nitrogen and oxygen atoms in total. The molecule has 2 aromatic rings. The van der Waals surface area contributed by atoms with Gasteiger partial charge in [-0.1, -0.05) is 6.07 Å². The number of carbonyl (C=O) groups excluding carboxylic acids is 1. The molecule has 14 heteroatoms. The van der Waals surface area contributed by atoms with E-state index in [1.165, 1.54) is 40.7 Å². The van der Waals surface area contributed by atoms with Crippen LogP contribution in [0.15, 0.2) is 53.4 Å². The zero-order valence-corrected chi connectivity index (χ0v) is 22.0. The van der Waals surface area contributed by atoms with E-state index in [9.17, 15) is 31.7 Å². The number of benzene rings is 2. The van der Waals surface area contributed by atoms with Crippen LogP contribution in [0.25, 0.3) is 0 Å². The van der Waals surface area contributed by atoms with Crippen LogP contribution in [0.2, 0.25) is 0 Å². The number of nitrogens with zero attached hydrogens (tertiary/aromatic N) is 3. The van der Waals surface area contributed by atoms with E-state index in [1.807, 2.05) is 0 Å². The second-order valence-electron chi connectivity index (χ2n) is 8.50. The average Bonchev–Trinajstić information content (AvgIpc) is 3.40. The lowest BCUT2D eigenvalue weighted by molar-refractivity contribution is -0.384. The summed E-state index contributed by atoms with van der Waals surface area (Å²) in [4.78, 5) is 22.8. The molecular weight excluding hydrogens is 524 g/mol. The Balaban J connectivity index is 1.42. The fourth-order valence-corrected chi connectivity index (χ4v) is 6.34. The van der Waals surface area contributed by atoms with Crippen LogP contribution < -0.4 is 14.4 Å². The topological polar surface area (TPSA) is 156 Å². The Kier molecular flexibility index (Phi) is 9.45. The lowest BCUT2D eigenvalue weighted by Crippen LogP contribution is -2.33. The van der Waals surface area contributed by atoms with Crippen molar-refractivity contribution in [2.75, 3.05) is 43.3 Å². The van der Waals surface area contributed by atoms with Crippen molar-refractivity contribution in [3.8, 4) is 5.75 Å². The van der Waals surface area contributed by atoms with Crippen LogP contribution in [0.5, 0.6) is 5.75 Å². The molecule has 1 aliphatic heterocycles. The summed E-state index contributed by atoms with van der Waals surface area (Å²) in [6, 6.07) is 11.4. The number of hydrogen-bond acceptors (Lipinski definition) is 8. The first-order valence-corrected chi connectivity index (χ1v) is 15.0. The van der Waals surface area contributed by atoms with E-state index in [-0.39, 0.29) is 54.7 Å². The van der Waals surface area contributed by atoms with E-state index in [2.05, 4.69) is 5.32 Å². The van der Waals surface area contributed by atoms with Crippen LogP contribution >= 0.6 is 0 Å². The van der Waals surface area contributed by atoms with Crippen molar-refractivity contribution >= 4 is 37.3 Å². The third-order valence-corrected chi connectivity index (χ3v) is 8.82. The number of rotatable bonds is 13. The minimum Gasteiger partial charge on any atom is -0.492 e. The molecule has 37 heavy (non-hydrogen) atoms. The number of hydrogen-bond donors (Lipinski definition) is 1. The Labute approximate surface area is 216 Å². The van der Waals surface area contributed by atoms with Crippen molar-refractivity contribution in [2.24, 2.45) is 0 Å². The Morgan fingerprint density at radius 3 is 2.41 bits per heavy atom. The molecule has 0 atom stereocenters. The maximum absolute atomic E-state index is 12.6. The maximum atomic E-state index is 12.6. The lowest BCUT2D eigenvalue weighted by Gasteiger charge is -2.22. The largest absolute Gasteiger partial charge is 0.492 e. The molecule has 1 saturated heterocycles. The van der Waals surface area contributed by atoms with Crippen molar-refractivity contribution in [2.45, 2.75) is 30.6 Å². The Hall–Kier alpha value is -3.23. The van der Waals surface area contributed by atoms with Crippen LogP contribution in [-0.2, 0) is 24.8 Å². The first-order valence-electron chi connectivity index (χ1n) is 11.7. The van der Waals surface area contributed by atoms with Crippen molar-refractivity contribution in [1.29, 1.82) is 0 Å². The van der Waals surface area contributed by atoms with Crippen LogP contribution in [0.3, 0.4) is 0 Å². The molecule has 0 aromatic heterocycles. The van der Waals surface area contributed by atoms with Crippen molar-refractivity contribution in [1.82, 2.24) is 9.62 Å². The highest BCUT2D eigenvalue weighted by Gasteiger charge is 2.27. The number of nitro groups is 1. The molecule has 0 bridgehead atoms. The smallest absolute Gasteiger partial charge is 0.271 e. The number of amides is 1. The van der Waals surface area contributed by atoms with E-state index in [1.54, 1.807) is 12.1 Å². The maximum Gasteiger partial charge on any atom is 0.271 e. The summed E-state index contributed by atoms with van der Waals surface area (Å²) >= 11 is 0. The number of non-ortho nitro benzene ring substituents is 1. The van der Waals surface area contributed by atoms with Gasteiger partial charge >= 0.3 is 0 Å². The summed E-state index contributed by atoms with van der Waals surface area (Å²) < 4.78 is 57.5. The number of nitro benzene ring substituents is 1. The summed E-state index contributed by atoms with van der Waals surface area (Å²) in [6.07, 6.45) is 2.97. The first-order chi connectivity index (χ1) is 17.5. The standard InChI is InChI=1S/C23H30N4O8S2/c1-36(31,32)26(19-6-4-7-20(18-19)27(29)30)16-5-8-23(28)24-13-17-35-21-9-11-22(12-10-21)37(33,34)25-14-2-3-15-25/h4,6-7,9-12,18H,2-3,5,8,13-17H2,1H3,(H,24,28). The van der Waals surface area contributed by atoms with Crippen LogP contribution in [-0.4, -0.2) is 71.0 Å². The van der Waals surface area contributed by atoms with E-state index < -0.39 is 25.0 Å². The van der Waals surface area contributed by atoms with Gasteiger partial charge in [0.2, 0.25) is 26.0 Å². The normalized spacial score (nSPS) is 14.3. The zero-order chi connectivity index (χ0) is 27.1. The number of sulfonamides is 2. The van der Waals surface area contributed by atoms with Crippen LogP contribution in [0.1, 0.15) is 25.7 Å². The van der Waals surface area contributed by atoms with Crippen LogP contribution in [0, 0.1) is 10.1 Å². The molecule has 202 valence electrons. The van der Waals surface area contributed by atoms with Gasteiger partial charge in [0.15, 0.2) is 0 Å². The highest BCUT2D eigenvalue weighted by atomic mass is 32.2. The molecule has 3 rings (SSSR count). The zero-order valence-electron chi connectivity index (χ0n) is 20.4. The molecule has 0 spiro atoms. The molecule has 1 N–H and O–H groups in total. The van der Waals surface area contributed by atoms with E-state index in [4.69, 9.17) is 4.74 Å². The third-order valence-electron chi connectivity index (χ3n) is 5.71. The van der Waals surface area contributed by atoms with E-state index in [0.717, 1.165) is 23.4 Å². The molecule has 2 aromatic carbocycles. The van der Waals surface area contributed by atoms with Gasteiger partial charge in [-0.05, 0) is 49.6 Å². The van der Waals surface area contributed by atoms with Gasteiger partial charge in [0.25, 0.3) is 5.69 Å². The fourth-order valence-electron chi connectivity index (χ4n) is 3.86. The molecule has 1 fully saturated rings. The average molecular weight is 555 g/mol. The molecule has 0 radical (unpaired) electrons. The monoisotopic (exact) mass is 554 g/mol. The van der Waals surface area contributed by atoms with Gasteiger partial charge in [0, 0.05) is 38.2 Å². The van der Waals surface area contributed by atoms with Gasteiger partial charge in [-0.2, -0.15) is 4.31 Å². The summed E-state index contributed by atoms with van der Waals surface area (Å²) in [5.41, 5.74) is -0.0727. The molecule has 0 unspecified atom stereocenters. The molecular formula is C23H30N4O8S2. The van der Waals surface area contributed by atoms with Gasteiger partial charge in [-0.3, -0.25) is 19.2 Å². The number of nitrogens with one attached hydrogen (secondary N) is 1. The van der Waals surface area contributed by atoms with Gasteiger partial charge in [-0.25, -0.2) is 16.8 Å². The summed E-state index contributed by atoms with van der Waals surface area (Å²) in [6.45, 7) is 1.40. The third kappa shape index (κ3) is 7.87. The van der Waals surface area contributed by atoms with Gasteiger partial charge in [0.05, 0.1) is 28.3 Å². The number of ether oxygens (including phenoxy) is 1. The molecule has 1 aliphatic rings. The Morgan fingerprint density at radius 1 is 1.11 bits per heavy atom. The van der Waals surface area contributed by atoms with E-state index >= 15 is 0 Å². The van der Waals surface area contributed by atoms with Crippen molar-refractivity contribution in [3.05, 3.63) is 58.6 Å². The van der Waals surface area contributed by atoms with Gasteiger partial charge < -0.3 is 10.1 Å².